The molecule has 1 aliphatic carbocycles. The Morgan fingerprint density at radius 2 is 2.38 bits per heavy atom. The van der Waals surface area contributed by atoms with Gasteiger partial charge in [0.1, 0.15) is 6.61 Å². The Hall–Kier alpha value is -1.50. The minimum Gasteiger partial charge on any atom is -0.392 e. The maximum absolute atomic E-state index is 9.25. The van der Waals surface area contributed by atoms with Crippen molar-refractivity contribution in [2.75, 3.05) is 26.9 Å². The topological polar surface area (TPSA) is 41.5 Å². The summed E-state index contributed by atoms with van der Waals surface area (Å²) in [6.07, 6.45) is 12.9. The predicted octanol–water partition coefficient (Wildman–Crippen LogP) is 0.844. The Balaban J connectivity index is 2.67. The van der Waals surface area contributed by atoms with Crippen LogP contribution in [0.3, 0.4) is 0 Å². The normalized spacial score (nSPS) is 19.4. The fourth-order valence-electron chi connectivity index (χ4n) is 1.46. The van der Waals surface area contributed by atoms with Crippen LogP contribution in [0.5, 0.6) is 0 Å². The molecule has 0 radical (unpaired) electrons. The molecule has 0 aromatic heterocycles. The summed E-state index contributed by atoms with van der Waals surface area (Å²) in [5.41, 5.74) is 1.93. The van der Waals surface area contributed by atoms with Crippen LogP contribution in [0.15, 0.2) is 35.6 Å². The summed E-state index contributed by atoms with van der Waals surface area (Å²) in [5.74, 6) is 2.51. The zero-order valence-electron chi connectivity index (χ0n) is 9.44. The van der Waals surface area contributed by atoms with Crippen molar-refractivity contribution >= 4 is 0 Å². The van der Waals surface area contributed by atoms with Gasteiger partial charge in [-0.25, -0.2) is 0 Å². The van der Waals surface area contributed by atoms with Gasteiger partial charge in [-0.2, -0.15) is 0 Å². The van der Waals surface area contributed by atoms with Gasteiger partial charge in [-0.15, -0.1) is 6.42 Å². The Kier molecular flexibility index (Phi) is 5.41. The van der Waals surface area contributed by atoms with Gasteiger partial charge in [0, 0.05) is 18.7 Å². The average molecular weight is 219 g/mol. The molecule has 1 aliphatic rings. The van der Waals surface area contributed by atoms with Gasteiger partial charge in [0.2, 0.25) is 0 Å². The maximum Gasteiger partial charge on any atom is 0.107 e. The van der Waals surface area contributed by atoms with E-state index in [0.717, 1.165) is 11.3 Å². The second kappa shape index (κ2) is 6.89. The molecule has 16 heavy (non-hydrogen) atoms. The molecule has 3 heteroatoms. The van der Waals surface area contributed by atoms with Gasteiger partial charge >= 0.3 is 0 Å². The highest BCUT2D eigenvalue weighted by molar-refractivity contribution is 5.32. The first-order valence-corrected chi connectivity index (χ1v) is 5.20. The Bertz CT molecular complexity index is 347. The first-order chi connectivity index (χ1) is 7.81. The molecule has 2 N–H and O–H groups in total. The minimum absolute atomic E-state index is 0.0297. The molecule has 0 saturated heterocycles. The largest absolute Gasteiger partial charge is 0.392 e. The first kappa shape index (κ1) is 12.6. The van der Waals surface area contributed by atoms with Crippen molar-refractivity contribution in [3.8, 4) is 12.3 Å². The van der Waals surface area contributed by atoms with E-state index in [1.165, 1.54) is 0 Å². The van der Waals surface area contributed by atoms with E-state index in [4.69, 9.17) is 11.2 Å². The van der Waals surface area contributed by atoms with E-state index in [-0.39, 0.29) is 12.5 Å². The van der Waals surface area contributed by atoms with Crippen molar-refractivity contribution in [2.45, 2.75) is 0 Å². The van der Waals surface area contributed by atoms with Crippen LogP contribution in [0.1, 0.15) is 0 Å². The first-order valence-electron chi connectivity index (χ1n) is 5.20. The predicted molar refractivity (Wildman–Crippen MR) is 64.6 cm³/mol. The van der Waals surface area contributed by atoms with Crippen LogP contribution in [0.2, 0.25) is 0 Å². The molecule has 3 nitrogen and oxygen atoms in total. The fraction of sp³-hybridized carbons (Fsp3) is 0.385. The van der Waals surface area contributed by atoms with Gasteiger partial charge in [0.05, 0.1) is 13.2 Å². The molecule has 0 aliphatic heterocycles. The zero-order chi connectivity index (χ0) is 11.8. The lowest BCUT2D eigenvalue weighted by molar-refractivity contribution is 0.147. The standard InChI is InChI=1S/C13H17NO2/c1-3-8-16-10-12-5-7-13(14-2)6-4-11(12)9-15/h1,4-7,12,14-15H,8-10H2,2H3. The Morgan fingerprint density at radius 3 is 3.00 bits per heavy atom. The number of hydrogen-bond acceptors (Lipinski definition) is 3. The lowest BCUT2D eigenvalue weighted by Gasteiger charge is -2.13. The number of likely N-dealkylation sites (N-methyl/N-ethyl adjacent to an activating group) is 1. The summed E-state index contributed by atoms with van der Waals surface area (Å²) in [7, 11) is 1.86. The van der Waals surface area contributed by atoms with E-state index in [9.17, 15) is 5.11 Å². The highest BCUT2D eigenvalue weighted by Gasteiger charge is 2.12. The van der Waals surface area contributed by atoms with Crippen LogP contribution < -0.4 is 5.32 Å². The van der Waals surface area contributed by atoms with Crippen molar-refractivity contribution in [1.82, 2.24) is 5.32 Å². The Morgan fingerprint density at radius 1 is 1.56 bits per heavy atom. The van der Waals surface area contributed by atoms with Gasteiger partial charge in [-0.05, 0) is 17.7 Å². The minimum atomic E-state index is 0.0297. The van der Waals surface area contributed by atoms with Gasteiger partial charge < -0.3 is 15.2 Å². The number of ether oxygens (including phenoxy) is 1. The number of aliphatic hydroxyl groups excluding tert-OH is 1. The van der Waals surface area contributed by atoms with E-state index < -0.39 is 0 Å². The molecular weight excluding hydrogens is 202 g/mol. The zero-order valence-corrected chi connectivity index (χ0v) is 9.44. The van der Waals surface area contributed by atoms with Crippen molar-refractivity contribution in [3.05, 3.63) is 35.6 Å². The lowest BCUT2D eigenvalue weighted by atomic mass is 10.0. The smallest absolute Gasteiger partial charge is 0.107 e. The summed E-state index contributed by atoms with van der Waals surface area (Å²) in [4.78, 5) is 0. The van der Waals surface area contributed by atoms with Gasteiger partial charge in [-0.3, -0.25) is 0 Å². The van der Waals surface area contributed by atoms with Crippen LogP contribution in [0, 0.1) is 18.3 Å². The monoisotopic (exact) mass is 219 g/mol. The molecule has 0 amide bonds. The molecule has 0 heterocycles. The third-order valence-electron chi connectivity index (χ3n) is 2.42. The molecule has 0 bridgehead atoms. The summed E-state index contributed by atoms with van der Waals surface area (Å²) in [6.45, 7) is 0.829. The number of allylic oxidation sites excluding steroid dienone is 3. The van der Waals surface area contributed by atoms with E-state index >= 15 is 0 Å². The van der Waals surface area contributed by atoms with Crippen LogP contribution >= 0.6 is 0 Å². The van der Waals surface area contributed by atoms with E-state index in [0.29, 0.717) is 13.2 Å². The van der Waals surface area contributed by atoms with Crippen molar-refractivity contribution in [3.63, 3.8) is 0 Å². The molecule has 1 unspecified atom stereocenters. The van der Waals surface area contributed by atoms with Gasteiger partial charge in [-0.1, -0.05) is 18.1 Å². The van der Waals surface area contributed by atoms with Gasteiger partial charge in [0.15, 0.2) is 0 Å². The molecule has 0 fully saturated rings. The molecule has 1 rings (SSSR count). The second-order valence-corrected chi connectivity index (χ2v) is 3.46. The number of aliphatic hydroxyl groups is 1. The molecule has 86 valence electrons. The second-order valence-electron chi connectivity index (χ2n) is 3.46. The SMILES string of the molecule is C#CCOCC1C=CC(NC)=CC=C1CO. The fourth-order valence-corrected chi connectivity index (χ4v) is 1.46. The summed E-state index contributed by atoms with van der Waals surface area (Å²) in [6, 6.07) is 0. The van der Waals surface area contributed by atoms with Crippen LogP contribution in [0.4, 0.5) is 0 Å². The molecular formula is C13H17NO2. The number of hydrogen-bond donors (Lipinski definition) is 2. The molecule has 0 aromatic carbocycles. The van der Waals surface area contributed by atoms with E-state index in [1.807, 2.05) is 31.4 Å². The maximum atomic E-state index is 9.25. The number of nitrogens with one attached hydrogen (secondary N) is 1. The van der Waals surface area contributed by atoms with Crippen LogP contribution in [0.25, 0.3) is 0 Å². The van der Waals surface area contributed by atoms with E-state index in [2.05, 4.69) is 11.2 Å². The van der Waals surface area contributed by atoms with Crippen LogP contribution in [-0.2, 0) is 4.74 Å². The molecule has 0 saturated carbocycles. The highest BCUT2D eigenvalue weighted by atomic mass is 16.5. The molecule has 0 spiro atoms. The molecule has 1 atom stereocenters. The van der Waals surface area contributed by atoms with Crippen LogP contribution in [-0.4, -0.2) is 32.0 Å². The highest BCUT2D eigenvalue weighted by Crippen LogP contribution is 2.17. The van der Waals surface area contributed by atoms with Crippen molar-refractivity contribution < 1.29 is 9.84 Å². The van der Waals surface area contributed by atoms with E-state index in [1.54, 1.807) is 0 Å². The summed E-state index contributed by atoms with van der Waals surface area (Å²) in [5, 5.41) is 12.3. The Labute approximate surface area is 96.5 Å². The summed E-state index contributed by atoms with van der Waals surface area (Å²) < 4.78 is 5.30. The average Bonchev–Trinajstić information content (AvgIpc) is 2.51. The van der Waals surface area contributed by atoms with Gasteiger partial charge in [0.25, 0.3) is 0 Å². The number of terminal acetylenes is 1. The quantitative estimate of drug-likeness (QED) is 0.532. The van der Waals surface area contributed by atoms with Crippen molar-refractivity contribution in [1.29, 1.82) is 0 Å². The summed E-state index contributed by atoms with van der Waals surface area (Å²) >= 11 is 0. The van der Waals surface area contributed by atoms with Crippen molar-refractivity contribution in [2.24, 2.45) is 5.92 Å². The third kappa shape index (κ3) is 3.58. The lowest BCUT2D eigenvalue weighted by Crippen LogP contribution is -2.12. The third-order valence-corrected chi connectivity index (χ3v) is 2.42. The molecule has 0 aromatic rings. The number of rotatable bonds is 5.